The van der Waals surface area contributed by atoms with Gasteiger partial charge in [-0.1, -0.05) is 6.42 Å². The van der Waals surface area contributed by atoms with Crippen LogP contribution >= 0.6 is 0 Å². The van der Waals surface area contributed by atoms with Crippen LogP contribution < -0.4 is 15.2 Å². The maximum Gasteiger partial charge on any atom is 0.305 e. The zero-order valence-corrected chi connectivity index (χ0v) is 18.0. The number of methoxy groups -OCH3 is 4. The first-order valence-electron chi connectivity index (χ1n) is 10.00. The van der Waals surface area contributed by atoms with E-state index >= 15 is 0 Å². The number of carbonyl (C=O) groups is 1. The van der Waals surface area contributed by atoms with Crippen molar-refractivity contribution in [3.05, 3.63) is 17.7 Å². The number of esters is 1. The Hall–Kier alpha value is -2.03. The van der Waals surface area contributed by atoms with Crippen LogP contribution in [0.2, 0.25) is 0 Å². The summed E-state index contributed by atoms with van der Waals surface area (Å²) in [6.45, 7) is 2.93. The maximum atomic E-state index is 11.2. The molecule has 1 aromatic rings. The topological polar surface area (TPSA) is 92.5 Å². The zero-order chi connectivity index (χ0) is 21.3. The number of nitrogens with two attached hydrogens (primary N) is 1. The summed E-state index contributed by atoms with van der Waals surface area (Å²) in [4.78, 5) is 13.6. The molecule has 2 rings (SSSR count). The van der Waals surface area contributed by atoms with E-state index in [-0.39, 0.29) is 5.97 Å². The Balaban J connectivity index is 2.20. The predicted molar refractivity (Wildman–Crippen MR) is 110 cm³/mol. The normalized spacial score (nSPS) is 15.2. The van der Waals surface area contributed by atoms with Gasteiger partial charge in [-0.2, -0.15) is 0 Å². The molecule has 0 bridgehead atoms. The van der Waals surface area contributed by atoms with E-state index in [4.69, 9.17) is 24.7 Å². The number of nitrogen functional groups attached to an aromatic ring is 1. The van der Waals surface area contributed by atoms with Gasteiger partial charge in [0.1, 0.15) is 0 Å². The molecule has 2 N–H and O–H groups in total. The fraction of sp³-hybridized carbons (Fsp3) is 0.667. The minimum Gasteiger partial charge on any atom is -0.493 e. The van der Waals surface area contributed by atoms with Gasteiger partial charge in [0, 0.05) is 38.0 Å². The second-order valence-electron chi connectivity index (χ2n) is 7.12. The number of ether oxygens (including phenoxy) is 5. The first-order valence-corrected chi connectivity index (χ1v) is 10.00. The first-order chi connectivity index (χ1) is 14.0. The van der Waals surface area contributed by atoms with Crippen LogP contribution in [0.5, 0.6) is 11.5 Å². The van der Waals surface area contributed by atoms with Crippen LogP contribution in [0.3, 0.4) is 0 Å². The Labute approximate surface area is 173 Å². The summed E-state index contributed by atoms with van der Waals surface area (Å²) in [7, 11) is 6.18. The lowest BCUT2D eigenvalue weighted by Gasteiger charge is -2.38. The van der Waals surface area contributed by atoms with E-state index in [0.717, 1.165) is 13.1 Å². The Morgan fingerprint density at radius 3 is 2.34 bits per heavy atom. The van der Waals surface area contributed by atoms with E-state index in [1.54, 1.807) is 27.4 Å². The second kappa shape index (κ2) is 11.2. The summed E-state index contributed by atoms with van der Waals surface area (Å²) in [5, 5.41) is 0. The molecule has 8 nitrogen and oxygen atoms in total. The fourth-order valence-electron chi connectivity index (χ4n) is 3.61. The molecule has 1 heterocycles. The first kappa shape index (κ1) is 23.3. The van der Waals surface area contributed by atoms with E-state index in [9.17, 15) is 4.79 Å². The zero-order valence-electron chi connectivity index (χ0n) is 18.0. The number of likely N-dealkylation sites (tertiary alicyclic amines) is 1. The maximum absolute atomic E-state index is 11.2. The average molecular weight is 411 g/mol. The van der Waals surface area contributed by atoms with Crippen molar-refractivity contribution in [2.45, 2.75) is 37.9 Å². The van der Waals surface area contributed by atoms with Crippen LogP contribution in [0.4, 0.5) is 5.69 Å². The Morgan fingerprint density at radius 2 is 1.76 bits per heavy atom. The van der Waals surface area contributed by atoms with Gasteiger partial charge < -0.3 is 29.4 Å². The van der Waals surface area contributed by atoms with Crippen LogP contribution in [0.25, 0.3) is 0 Å². The van der Waals surface area contributed by atoms with Gasteiger partial charge in [0.15, 0.2) is 11.5 Å². The molecule has 164 valence electrons. The molecule has 0 saturated carbocycles. The van der Waals surface area contributed by atoms with Crippen molar-refractivity contribution < 1.29 is 28.5 Å². The largest absolute Gasteiger partial charge is 0.493 e. The van der Waals surface area contributed by atoms with Crippen molar-refractivity contribution in [2.24, 2.45) is 0 Å². The van der Waals surface area contributed by atoms with Crippen LogP contribution in [-0.2, 0) is 24.8 Å². The lowest BCUT2D eigenvalue weighted by atomic mass is 10.00. The van der Waals surface area contributed by atoms with Crippen molar-refractivity contribution in [1.82, 2.24) is 4.90 Å². The highest BCUT2D eigenvalue weighted by molar-refractivity contribution is 5.69. The van der Waals surface area contributed by atoms with Crippen LogP contribution in [-0.4, -0.2) is 65.5 Å². The average Bonchev–Trinajstić information content (AvgIpc) is 2.76. The van der Waals surface area contributed by atoms with Crippen molar-refractivity contribution in [3.63, 3.8) is 0 Å². The summed E-state index contributed by atoms with van der Waals surface area (Å²) in [5.74, 6) is -0.224. The number of benzene rings is 1. The number of anilines is 1. The van der Waals surface area contributed by atoms with E-state index in [0.29, 0.717) is 48.7 Å². The lowest BCUT2D eigenvalue weighted by molar-refractivity contribution is -0.226. The second-order valence-corrected chi connectivity index (χ2v) is 7.12. The molecule has 1 fully saturated rings. The molecular formula is C21H34N2O6. The molecular weight excluding hydrogens is 376 g/mol. The van der Waals surface area contributed by atoms with Gasteiger partial charge in [0.2, 0.25) is 5.79 Å². The predicted octanol–water partition coefficient (Wildman–Crippen LogP) is 2.54. The highest BCUT2D eigenvalue weighted by Gasteiger charge is 2.37. The molecule has 0 aromatic heterocycles. The molecule has 0 spiro atoms. The quantitative estimate of drug-likeness (QED) is 0.258. The van der Waals surface area contributed by atoms with Crippen molar-refractivity contribution in [1.29, 1.82) is 0 Å². The Morgan fingerprint density at radius 1 is 1.07 bits per heavy atom. The van der Waals surface area contributed by atoms with Crippen LogP contribution in [0, 0.1) is 0 Å². The molecule has 0 amide bonds. The van der Waals surface area contributed by atoms with Gasteiger partial charge in [-0.25, -0.2) is 0 Å². The van der Waals surface area contributed by atoms with Gasteiger partial charge in [-0.05, 0) is 38.4 Å². The van der Waals surface area contributed by atoms with Gasteiger partial charge >= 0.3 is 5.97 Å². The van der Waals surface area contributed by atoms with Gasteiger partial charge in [-0.15, -0.1) is 0 Å². The Kier molecular flexibility index (Phi) is 9.00. The smallest absolute Gasteiger partial charge is 0.305 e. The molecule has 1 saturated heterocycles. The number of hydrogen-bond acceptors (Lipinski definition) is 8. The molecule has 8 heteroatoms. The highest BCUT2D eigenvalue weighted by Crippen LogP contribution is 2.40. The molecule has 0 atom stereocenters. The monoisotopic (exact) mass is 410 g/mol. The summed E-state index contributed by atoms with van der Waals surface area (Å²) in [6, 6.07) is 3.53. The van der Waals surface area contributed by atoms with Crippen molar-refractivity contribution >= 4 is 11.7 Å². The number of carbonyl (C=O) groups excluding carboxylic acids is 1. The van der Waals surface area contributed by atoms with E-state index < -0.39 is 5.79 Å². The summed E-state index contributed by atoms with van der Waals surface area (Å²) in [5.41, 5.74) is 7.57. The van der Waals surface area contributed by atoms with Crippen molar-refractivity contribution in [3.8, 4) is 11.5 Å². The van der Waals surface area contributed by atoms with Gasteiger partial charge in [-0.3, -0.25) is 9.69 Å². The molecule has 0 aliphatic carbocycles. The number of nitrogens with zero attached hydrogens (tertiary/aromatic N) is 1. The van der Waals surface area contributed by atoms with Gasteiger partial charge in [0.05, 0.1) is 27.4 Å². The third-order valence-corrected chi connectivity index (χ3v) is 5.30. The molecule has 1 aromatic carbocycles. The SMILES string of the molecule is COC(=O)CCCOc1cc(N)c(C(CN2CCCCC2)(OC)OC)cc1OC. The molecule has 0 unspecified atom stereocenters. The van der Waals surface area contributed by atoms with E-state index in [1.165, 1.54) is 26.4 Å². The van der Waals surface area contributed by atoms with E-state index in [1.807, 2.05) is 6.07 Å². The highest BCUT2D eigenvalue weighted by atomic mass is 16.7. The molecule has 1 aliphatic rings. The third kappa shape index (κ3) is 5.98. The molecule has 0 radical (unpaired) electrons. The summed E-state index contributed by atoms with van der Waals surface area (Å²) in [6.07, 6.45) is 4.41. The molecule has 1 aliphatic heterocycles. The lowest BCUT2D eigenvalue weighted by Crippen LogP contribution is -2.46. The number of hydrogen-bond donors (Lipinski definition) is 1. The van der Waals surface area contributed by atoms with E-state index in [2.05, 4.69) is 9.64 Å². The number of piperidine rings is 1. The standard InChI is InChI=1S/C21H34N2O6/c1-25-18-13-16(17(22)14-19(18)29-12-8-9-20(24)26-2)21(27-3,28-4)15-23-10-6-5-7-11-23/h13-14H,5-12,15,22H2,1-4H3. The van der Waals surface area contributed by atoms with Crippen LogP contribution in [0.1, 0.15) is 37.7 Å². The third-order valence-electron chi connectivity index (χ3n) is 5.30. The Bertz CT molecular complexity index is 657. The fourth-order valence-corrected chi connectivity index (χ4v) is 3.61. The minimum atomic E-state index is -1.00. The minimum absolute atomic E-state index is 0.266. The molecule has 29 heavy (non-hydrogen) atoms. The summed E-state index contributed by atoms with van der Waals surface area (Å²) >= 11 is 0. The number of rotatable bonds is 11. The van der Waals surface area contributed by atoms with Crippen molar-refractivity contribution in [2.75, 3.05) is 60.4 Å². The summed E-state index contributed by atoms with van der Waals surface area (Å²) < 4.78 is 27.6. The van der Waals surface area contributed by atoms with Gasteiger partial charge in [0.25, 0.3) is 0 Å². The van der Waals surface area contributed by atoms with Crippen LogP contribution in [0.15, 0.2) is 12.1 Å².